The van der Waals surface area contributed by atoms with Crippen LogP contribution in [0.3, 0.4) is 0 Å². The van der Waals surface area contributed by atoms with Crippen LogP contribution in [0, 0.1) is 17.3 Å². The minimum atomic E-state index is -0.655. The molecule has 3 aliphatic rings. The summed E-state index contributed by atoms with van der Waals surface area (Å²) in [6, 6.07) is 0. The van der Waals surface area contributed by atoms with Crippen molar-refractivity contribution in [3.05, 3.63) is 12.2 Å². The molecule has 24 heavy (non-hydrogen) atoms. The van der Waals surface area contributed by atoms with Crippen molar-refractivity contribution in [2.24, 2.45) is 17.3 Å². The van der Waals surface area contributed by atoms with E-state index in [-0.39, 0.29) is 11.0 Å². The Labute approximate surface area is 146 Å². The molecule has 2 aliphatic carbocycles. The lowest BCUT2D eigenvalue weighted by Gasteiger charge is -2.34. The van der Waals surface area contributed by atoms with Crippen molar-refractivity contribution in [1.29, 1.82) is 0 Å². The van der Waals surface area contributed by atoms with Gasteiger partial charge in [-0.3, -0.25) is 5.26 Å². The highest BCUT2D eigenvalue weighted by Gasteiger charge is 2.60. The Morgan fingerprint density at radius 1 is 1.17 bits per heavy atom. The first-order valence-electron chi connectivity index (χ1n) is 9.42. The zero-order chi connectivity index (χ0) is 17.8. The van der Waals surface area contributed by atoms with Crippen molar-refractivity contribution in [2.75, 3.05) is 0 Å². The summed E-state index contributed by atoms with van der Waals surface area (Å²) >= 11 is 0. The second-order valence-electron chi connectivity index (χ2n) is 9.72. The number of rotatable bonds is 4. The van der Waals surface area contributed by atoms with Gasteiger partial charge in [-0.2, -0.15) is 0 Å². The van der Waals surface area contributed by atoms with E-state index in [2.05, 4.69) is 24.8 Å². The predicted molar refractivity (Wildman–Crippen MR) is 93.6 cm³/mol. The largest absolute Gasteiger partial charge is 0.390 e. The summed E-state index contributed by atoms with van der Waals surface area (Å²) in [4.78, 5) is 4.50. The zero-order valence-electron chi connectivity index (χ0n) is 15.8. The van der Waals surface area contributed by atoms with Crippen LogP contribution in [-0.4, -0.2) is 33.3 Å². The minimum Gasteiger partial charge on any atom is -0.390 e. The van der Waals surface area contributed by atoms with Gasteiger partial charge in [-0.15, -0.1) is 0 Å². The van der Waals surface area contributed by atoms with Crippen LogP contribution in [0.5, 0.6) is 0 Å². The summed E-state index contributed by atoms with van der Waals surface area (Å²) in [6.07, 6.45) is 10.5. The fourth-order valence-electron chi connectivity index (χ4n) is 4.75. The molecule has 0 aromatic carbocycles. The Morgan fingerprint density at radius 3 is 2.54 bits per heavy atom. The molecule has 2 N–H and O–H groups in total. The molecule has 0 spiro atoms. The van der Waals surface area contributed by atoms with Crippen molar-refractivity contribution in [3.8, 4) is 0 Å². The van der Waals surface area contributed by atoms with Crippen molar-refractivity contribution in [2.45, 2.75) is 96.1 Å². The quantitative estimate of drug-likeness (QED) is 0.347. The second kappa shape index (κ2) is 5.80. The lowest BCUT2D eigenvalue weighted by atomic mass is 9.72. The van der Waals surface area contributed by atoms with Crippen LogP contribution in [-0.2, 0) is 9.62 Å². The van der Waals surface area contributed by atoms with Crippen LogP contribution in [0.4, 0.5) is 0 Å². The third kappa shape index (κ3) is 3.57. The van der Waals surface area contributed by atoms with Gasteiger partial charge in [0.25, 0.3) is 0 Å². The maximum Gasteiger partial charge on any atom is 0.116 e. The van der Waals surface area contributed by atoms with Gasteiger partial charge in [-0.25, -0.2) is 4.89 Å². The topological polar surface area (TPSA) is 62.2 Å². The number of hydrogen-bond acceptors (Lipinski definition) is 4. The summed E-state index contributed by atoms with van der Waals surface area (Å²) in [5.41, 5.74) is -1.06. The highest BCUT2D eigenvalue weighted by Crippen LogP contribution is 2.62. The van der Waals surface area contributed by atoms with E-state index in [0.717, 1.165) is 38.5 Å². The molecule has 0 bridgehead atoms. The smallest absolute Gasteiger partial charge is 0.116 e. The minimum absolute atomic E-state index is 0.0102. The van der Waals surface area contributed by atoms with E-state index < -0.39 is 11.2 Å². The van der Waals surface area contributed by atoms with Gasteiger partial charge >= 0.3 is 0 Å². The van der Waals surface area contributed by atoms with Gasteiger partial charge in [-0.05, 0) is 83.5 Å². The van der Waals surface area contributed by atoms with Crippen LogP contribution >= 0.6 is 0 Å². The molecule has 6 atom stereocenters. The lowest BCUT2D eigenvalue weighted by molar-refractivity contribution is -0.297. The molecule has 0 radical (unpaired) electrons. The van der Waals surface area contributed by atoms with E-state index in [1.807, 2.05) is 26.8 Å². The normalized spacial score (nSPS) is 48.7. The van der Waals surface area contributed by atoms with Gasteiger partial charge in [0.05, 0.1) is 17.3 Å². The molecule has 0 aromatic rings. The summed E-state index contributed by atoms with van der Waals surface area (Å²) in [5.74, 6) is 0.968. The third-order valence-electron chi connectivity index (χ3n) is 6.96. The Bertz CT molecular complexity index is 512. The molecule has 0 amide bonds. The second-order valence-corrected chi connectivity index (χ2v) is 9.72. The molecule has 3 fully saturated rings. The van der Waals surface area contributed by atoms with Gasteiger partial charge < -0.3 is 9.84 Å². The number of fused-ring (bicyclic) bond motifs is 2. The lowest BCUT2D eigenvalue weighted by Crippen LogP contribution is -2.33. The van der Waals surface area contributed by atoms with Crippen molar-refractivity contribution in [3.63, 3.8) is 0 Å². The van der Waals surface area contributed by atoms with Gasteiger partial charge in [0.1, 0.15) is 5.60 Å². The average molecular weight is 338 g/mol. The molecule has 138 valence electrons. The van der Waals surface area contributed by atoms with Gasteiger partial charge in [-0.1, -0.05) is 19.1 Å². The van der Waals surface area contributed by atoms with Crippen LogP contribution < -0.4 is 0 Å². The Morgan fingerprint density at radius 2 is 1.88 bits per heavy atom. The Kier molecular flexibility index (Phi) is 4.44. The number of epoxide rings is 1. The average Bonchev–Trinajstić information content (AvgIpc) is 3.38. The van der Waals surface area contributed by atoms with Crippen molar-refractivity contribution < 1.29 is 20.0 Å². The maximum absolute atomic E-state index is 10.9. The van der Waals surface area contributed by atoms with Crippen LogP contribution in [0.2, 0.25) is 0 Å². The summed E-state index contributed by atoms with van der Waals surface area (Å²) < 4.78 is 5.97. The van der Waals surface area contributed by atoms with E-state index in [4.69, 9.17) is 9.99 Å². The molecule has 1 heterocycles. The standard InChI is InChI=1S/C20H34O4/c1-17(2,24-22)8-6-9-18(3)11-12-20(5)16(23-20)7-10-19(4,21)15-13-14(15)18/h6,8,14-16,21-22H,7,9-13H2,1-5H3/b8-6+/t14-,15-,16-,18-,19-,20-/m0/s1. The molecular formula is C20H34O4. The molecule has 1 saturated heterocycles. The van der Waals surface area contributed by atoms with Crippen molar-refractivity contribution >= 4 is 0 Å². The van der Waals surface area contributed by atoms with E-state index in [0.29, 0.717) is 17.9 Å². The van der Waals surface area contributed by atoms with Gasteiger partial charge in [0.2, 0.25) is 0 Å². The van der Waals surface area contributed by atoms with Gasteiger partial charge in [0, 0.05) is 0 Å². The number of ether oxygens (including phenoxy) is 1. The van der Waals surface area contributed by atoms with Crippen LogP contribution in [0.1, 0.15) is 73.1 Å². The fraction of sp³-hybridized carbons (Fsp3) is 0.900. The summed E-state index contributed by atoms with van der Waals surface area (Å²) in [5, 5.41) is 19.9. The van der Waals surface area contributed by atoms with Crippen molar-refractivity contribution in [1.82, 2.24) is 0 Å². The molecule has 0 unspecified atom stereocenters. The van der Waals surface area contributed by atoms with E-state index in [1.54, 1.807) is 0 Å². The van der Waals surface area contributed by atoms with E-state index >= 15 is 0 Å². The first kappa shape index (κ1) is 18.4. The highest BCUT2D eigenvalue weighted by atomic mass is 17.1. The number of aliphatic hydroxyl groups is 1. The molecule has 2 saturated carbocycles. The molecule has 4 heteroatoms. The molecule has 1 aliphatic heterocycles. The fourth-order valence-corrected chi connectivity index (χ4v) is 4.75. The zero-order valence-corrected chi connectivity index (χ0v) is 15.8. The van der Waals surface area contributed by atoms with Crippen LogP contribution in [0.25, 0.3) is 0 Å². The first-order chi connectivity index (χ1) is 11.0. The maximum atomic E-state index is 10.9. The number of hydrogen-bond donors (Lipinski definition) is 2. The molecule has 3 rings (SSSR count). The van der Waals surface area contributed by atoms with Crippen LogP contribution in [0.15, 0.2) is 12.2 Å². The van der Waals surface area contributed by atoms with E-state index in [1.165, 1.54) is 0 Å². The predicted octanol–water partition coefficient (Wildman–Crippen LogP) is 4.33. The Hall–Kier alpha value is -0.420. The summed E-state index contributed by atoms with van der Waals surface area (Å²) in [7, 11) is 0. The first-order valence-corrected chi connectivity index (χ1v) is 9.42. The molecule has 4 nitrogen and oxygen atoms in total. The summed E-state index contributed by atoms with van der Waals surface area (Å²) in [6.45, 7) is 10.3. The van der Waals surface area contributed by atoms with Gasteiger partial charge in [0.15, 0.2) is 0 Å². The monoisotopic (exact) mass is 338 g/mol. The number of allylic oxidation sites excluding steroid dienone is 1. The third-order valence-corrected chi connectivity index (χ3v) is 6.96. The molecule has 0 aromatic heterocycles. The van der Waals surface area contributed by atoms with E-state index in [9.17, 15) is 5.11 Å². The SMILES string of the molecule is CC(C)(/C=C/C[C@@]1(C)CC[C@]2(C)O[C@H]2CC[C@](C)(O)[C@H]2C[C@@H]21)OO. The highest BCUT2D eigenvalue weighted by molar-refractivity contribution is 5.12. The Balaban J connectivity index is 1.74. The molecular weight excluding hydrogens is 304 g/mol.